The quantitative estimate of drug-likeness (QED) is 0.548. The van der Waals surface area contributed by atoms with Crippen LogP contribution in [0.4, 0.5) is 13.2 Å². The molecule has 3 N–H and O–H groups in total. The zero-order valence-electron chi connectivity index (χ0n) is 9.50. The number of nitrogens with one attached hydrogen (secondary N) is 1. The van der Waals surface area contributed by atoms with Crippen LogP contribution in [0.25, 0.3) is 0 Å². The van der Waals surface area contributed by atoms with E-state index in [4.69, 9.17) is 5.73 Å². The van der Waals surface area contributed by atoms with Gasteiger partial charge in [0.1, 0.15) is 0 Å². The van der Waals surface area contributed by atoms with Crippen molar-refractivity contribution in [3.05, 3.63) is 0 Å². The lowest BCUT2D eigenvalue weighted by atomic mass is 10.2. The van der Waals surface area contributed by atoms with E-state index < -0.39 is 36.6 Å². The van der Waals surface area contributed by atoms with Crippen molar-refractivity contribution in [1.82, 2.24) is 5.32 Å². The first-order valence-corrected chi connectivity index (χ1v) is 4.96. The van der Waals surface area contributed by atoms with E-state index in [0.29, 0.717) is 0 Å². The minimum absolute atomic E-state index is 0.0396. The number of carbonyl (C=O) groups excluding carboxylic acids is 2. The number of rotatable bonds is 5. The third-order valence-corrected chi connectivity index (χ3v) is 1.75. The van der Waals surface area contributed by atoms with Gasteiger partial charge in [-0.05, 0) is 13.8 Å². The Morgan fingerprint density at radius 3 is 2.35 bits per heavy atom. The summed E-state index contributed by atoms with van der Waals surface area (Å²) in [5, 5.41) is 1.99. The highest BCUT2D eigenvalue weighted by atomic mass is 19.4. The molecule has 1 amide bonds. The maximum Gasteiger partial charge on any atom is 0.391 e. The van der Waals surface area contributed by atoms with E-state index >= 15 is 0 Å². The second-order valence-electron chi connectivity index (χ2n) is 3.46. The molecule has 0 saturated carbocycles. The highest BCUT2D eigenvalue weighted by Crippen LogP contribution is 2.21. The molecule has 0 heterocycles. The summed E-state index contributed by atoms with van der Waals surface area (Å²) < 4.78 is 40.3. The first-order chi connectivity index (χ1) is 7.67. The molecule has 8 heteroatoms. The first kappa shape index (κ1) is 15.7. The normalized spacial score (nSPS) is 14.9. The number of hydrogen-bond acceptors (Lipinski definition) is 4. The molecular weight excluding hydrogens is 241 g/mol. The molecule has 0 fully saturated rings. The van der Waals surface area contributed by atoms with Crippen LogP contribution >= 0.6 is 0 Å². The van der Waals surface area contributed by atoms with Crippen molar-refractivity contribution in [1.29, 1.82) is 0 Å². The largest absolute Gasteiger partial charge is 0.464 e. The predicted octanol–water partition coefficient (Wildman–Crippen LogP) is 0.334. The smallest absolute Gasteiger partial charge is 0.391 e. The molecule has 0 rings (SSSR count). The van der Waals surface area contributed by atoms with E-state index in [0.717, 1.165) is 0 Å². The van der Waals surface area contributed by atoms with Gasteiger partial charge in [-0.15, -0.1) is 0 Å². The topological polar surface area (TPSA) is 81.4 Å². The van der Waals surface area contributed by atoms with E-state index in [1.807, 2.05) is 5.32 Å². The minimum Gasteiger partial charge on any atom is -0.464 e. The van der Waals surface area contributed by atoms with Gasteiger partial charge in [0.05, 0.1) is 13.0 Å². The molecule has 0 aliphatic rings. The van der Waals surface area contributed by atoms with Crippen molar-refractivity contribution in [3.8, 4) is 0 Å². The van der Waals surface area contributed by atoms with Gasteiger partial charge < -0.3 is 15.8 Å². The summed E-state index contributed by atoms with van der Waals surface area (Å²) in [6.45, 7) is 2.73. The molecule has 0 aromatic carbocycles. The second kappa shape index (κ2) is 6.43. The zero-order chi connectivity index (χ0) is 13.6. The van der Waals surface area contributed by atoms with Crippen LogP contribution < -0.4 is 11.1 Å². The van der Waals surface area contributed by atoms with Gasteiger partial charge in [-0.3, -0.25) is 4.79 Å². The minimum atomic E-state index is -4.39. The van der Waals surface area contributed by atoms with Gasteiger partial charge in [0.25, 0.3) is 0 Å². The molecule has 0 bridgehead atoms. The maximum absolute atomic E-state index is 12.0. The molecule has 0 aromatic heterocycles. The van der Waals surface area contributed by atoms with Gasteiger partial charge in [-0.25, -0.2) is 4.79 Å². The SMILES string of the molecule is CCOC(=O)C(N)C(=O)NC(C)CC(F)(F)F. The monoisotopic (exact) mass is 256 g/mol. The molecule has 0 spiro atoms. The van der Waals surface area contributed by atoms with Crippen molar-refractivity contribution in [2.75, 3.05) is 6.61 Å². The highest BCUT2D eigenvalue weighted by molar-refractivity contribution is 6.01. The number of carbonyl (C=O) groups is 2. The molecule has 2 unspecified atom stereocenters. The lowest BCUT2D eigenvalue weighted by Crippen LogP contribution is -2.50. The number of hydrogen-bond donors (Lipinski definition) is 2. The molecular formula is C9H15F3N2O3. The number of nitrogens with two attached hydrogens (primary N) is 1. The van der Waals surface area contributed by atoms with Crippen molar-refractivity contribution >= 4 is 11.9 Å². The number of esters is 1. The van der Waals surface area contributed by atoms with Gasteiger partial charge in [0, 0.05) is 6.04 Å². The Kier molecular flexibility index (Phi) is 5.94. The Hall–Kier alpha value is -1.31. The average Bonchev–Trinajstić information content (AvgIpc) is 2.13. The Balaban J connectivity index is 4.21. The average molecular weight is 256 g/mol. The van der Waals surface area contributed by atoms with Crippen LogP contribution in [0.5, 0.6) is 0 Å². The number of alkyl halides is 3. The van der Waals surface area contributed by atoms with Crippen LogP contribution in [0, 0.1) is 0 Å². The lowest BCUT2D eigenvalue weighted by molar-refractivity contribution is -0.149. The molecule has 2 atom stereocenters. The second-order valence-corrected chi connectivity index (χ2v) is 3.46. The fourth-order valence-electron chi connectivity index (χ4n) is 1.07. The molecule has 0 aliphatic carbocycles. The lowest BCUT2D eigenvalue weighted by Gasteiger charge is -2.17. The summed E-state index contributed by atoms with van der Waals surface area (Å²) >= 11 is 0. The number of halogens is 3. The molecule has 5 nitrogen and oxygen atoms in total. The molecule has 0 saturated heterocycles. The van der Waals surface area contributed by atoms with Gasteiger partial charge in [-0.1, -0.05) is 0 Å². The van der Waals surface area contributed by atoms with Crippen molar-refractivity contribution in [3.63, 3.8) is 0 Å². The van der Waals surface area contributed by atoms with Gasteiger partial charge in [0.2, 0.25) is 5.91 Å². The maximum atomic E-state index is 12.0. The van der Waals surface area contributed by atoms with Gasteiger partial charge in [-0.2, -0.15) is 13.2 Å². The van der Waals surface area contributed by atoms with Crippen molar-refractivity contribution in [2.24, 2.45) is 5.73 Å². The van der Waals surface area contributed by atoms with Gasteiger partial charge in [0.15, 0.2) is 6.04 Å². The Morgan fingerprint density at radius 2 is 1.94 bits per heavy atom. The number of ether oxygens (including phenoxy) is 1. The fourth-order valence-corrected chi connectivity index (χ4v) is 1.07. The van der Waals surface area contributed by atoms with Crippen molar-refractivity contribution < 1.29 is 27.5 Å². The zero-order valence-corrected chi connectivity index (χ0v) is 9.50. The summed E-state index contributed by atoms with van der Waals surface area (Å²) in [5.74, 6) is -1.95. The summed E-state index contributed by atoms with van der Waals surface area (Å²) in [6, 6.07) is -2.76. The highest BCUT2D eigenvalue weighted by Gasteiger charge is 2.32. The van der Waals surface area contributed by atoms with E-state index in [2.05, 4.69) is 4.74 Å². The van der Waals surface area contributed by atoms with Crippen LogP contribution in [-0.2, 0) is 14.3 Å². The summed E-state index contributed by atoms with van der Waals surface area (Å²) in [5.41, 5.74) is 5.19. The molecule has 0 aliphatic heterocycles. The Labute approximate surface area is 96.5 Å². The van der Waals surface area contributed by atoms with E-state index in [-0.39, 0.29) is 6.61 Å². The Bertz CT molecular complexity index is 281. The Morgan fingerprint density at radius 1 is 1.41 bits per heavy atom. The van der Waals surface area contributed by atoms with E-state index in [9.17, 15) is 22.8 Å². The van der Waals surface area contributed by atoms with Crippen LogP contribution in [-0.4, -0.2) is 36.7 Å². The van der Waals surface area contributed by atoms with Crippen molar-refractivity contribution in [2.45, 2.75) is 38.5 Å². The fraction of sp³-hybridized carbons (Fsp3) is 0.778. The molecule has 0 aromatic rings. The van der Waals surface area contributed by atoms with Gasteiger partial charge >= 0.3 is 12.1 Å². The third-order valence-electron chi connectivity index (χ3n) is 1.75. The van der Waals surface area contributed by atoms with Crippen LogP contribution in [0.1, 0.15) is 20.3 Å². The standard InChI is InChI=1S/C9H15F3N2O3/c1-3-17-8(16)6(13)7(15)14-5(2)4-9(10,11)12/h5-6H,3-4,13H2,1-2H3,(H,14,15). The summed E-state index contributed by atoms with van der Waals surface area (Å²) in [7, 11) is 0. The molecule has 17 heavy (non-hydrogen) atoms. The predicted molar refractivity (Wildman–Crippen MR) is 52.9 cm³/mol. The van der Waals surface area contributed by atoms with E-state index in [1.165, 1.54) is 13.8 Å². The summed E-state index contributed by atoms with van der Waals surface area (Å²) in [6.07, 6.45) is -5.57. The van der Waals surface area contributed by atoms with Crippen LogP contribution in [0.3, 0.4) is 0 Å². The third kappa shape index (κ3) is 6.77. The van der Waals surface area contributed by atoms with Crippen LogP contribution in [0.15, 0.2) is 0 Å². The summed E-state index contributed by atoms with van der Waals surface area (Å²) in [4.78, 5) is 22.3. The number of amides is 1. The molecule has 0 radical (unpaired) electrons. The first-order valence-electron chi connectivity index (χ1n) is 4.96. The van der Waals surface area contributed by atoms with Crippen LogP contribution in [0.2, 0.25) is 0 Å². The van der Waals surface area contributed by atoms with E-state index in [1.54, 1.807) is 0 Å². The molecule has 100 valence electrons.